The summed E-state index contributed by atoms with van der Waals surface area (Å²) in [7, 11) is 0. The van der Waals surface area contributed by atoms with Gasteiger partial charge in [-0.25, -0.2) is 0 Å². The molecule has 4 nitrogen and oxygen atoms in total. The summed E-state index contributed by atoms with van der Waals surface area (Å²) in [5, 5.41) is 4.81. The Kier molecular flexibility index (Phi) is 4.24. The van der Waals surface area contributed by atoms with Gasteiger partial charge in [0.15, 0.2) is 0 Å². The molecular weight excluding hydrogens is 296 g/mol. The van der Waals surface area contributed by atoms with Gasteiger partial charge in [-0.15, -0.1) is 11.3 Å². The van der Waals surface area contributed by atoms with E-state index in [2.05, 4.69) is 5.32 Å². The van der Waals surface area contributed by atoms with Crippen LogP contribution in [0.1, 0.15) is 31.2 Å². The summed E-state index contributed by atoms with van der Waals surface area (Å²) in [6, 6.07) is 9.67. The Balaban J connectivity index is 1.56. The lowest BCUT2D eigenvalue weighted by atomic mass is 9.99. The van der Waals surface area contributed by atoms with Crippen LogP contribution in [-0.4, -0.2) is 36.3 Å². The van der Waals surface area contributed by atoms with Crippen molar-refractivity contribution in [3.63, 3.8) is 0 Å². The molecule has 1 N–H and O–H groups in total. The molecule has 1 aliphatic rings. The third-order valence-electron chi connectivity index (χ3n) is 3.92. The first-order valence-electron chi connectivity index (χ1n) is 7.36. The van der Waals surface area contributed by atoms with E-state index in [1.807, 2.05) is 47.5 Å². The maximum absolute atomic E-state index is 12.4. The van der Waals surface area contributed by atoms with Crippen molar-refractivity contribution in [2.75, 3.05) is 19.6 Å². The molecule has 5 heteroatoms. The minimum Gasteiger partial charge on any atom is -0.350 e. The molecule has 0 atom stereocenters. The van der Waals surface area contributed by atoms with E-state index in [4.69, 9.17) is 0 Å². The SMILES string of the molecule is Cc1ccsc1C(=O)NCCN1CCc2ccccc2C1=O. The zero-order valence-electron chi connectivity index (χ0n) is 12.5. The number of fused-ring (bicyclic) bond motifs is 1. The highest BCUT2D eigenvalue weighted by atomic mass is 32.1. The van der Waals surface area contributed by atoms with Crippen molar-refractivity contribution in [3.8, 4) is 0 Å². The van der Waals surface area contributed by atoms with Crippen molar-refractivity contribution in [2.24, 2.45) is 0 Å². The van der Waals surface area contributed by atoms with E-state index in [1.165, 1.54) is 11.3 Å². The van der Waals surface area contributed by atoms with Crippen LogP contribution in [0.4, 0.5) is 0 Å². The van der Waals surface area contributed by atoms with Crippen LogP contribution in [0.25, 0.3) is 0 Å². The van der Waals surface area contributed by atoms with Crippen molar-refractivity contribution in [1.82, 2.24) is 10.2 Å². The second-order valence-electron chi connectivity index (χ2n) is 5.39. The summed E-state index contributed by atoms with van der Waals surface area (Å²) in [4.78, 5) is 27.0. The summed E-state index contributed by atoms with van der Waals surface area (Å²) in [5.41, 5.74) is 2.89. The smallest absolute Gasteiger partial charge is 0.261 e. The number of nitrogens with zero attached hydrogens (tertiary/aromatic N) is 1. The first kappa shape index (κ1) is 14.8. The molecule has 1 aromatic carbocycles. The van der Waals surface area contributed by atoms with Gasteiger partial charge in [0, 0.05) is 25.2 Å². The molecule has 0 aliphatic carbocycles. The topological polar surface area (TPSA) is 49.4 Å². The summed E-state index contributed by atoms with van der Waals surface area (Å²) in [5.74, 6) is 0.000705. The summed E-state index contributed by atoms with van der Waals surface area (Å²) in [6.45, 7) is 3.66. The van der Waals surface area contributed by atoms with Gasteiger partial charge in [-0.2, -0.15) is 0 Å². The normalized spacial score (nSPS) is 13.9. The minimum atomic E-state index is -0.0580. The van der Waals surface area contributed by atoms with Crippen LogP contribution in [0.5, 0.6) is 0 Å². The number of carbonyl (C=O) groups is 2. The fourth-order valence-corrected chi connectivity index (χ4v) is 3.52. The molecule has 2 aromatic rings. The molecule has 0 saturated heterocycles. The fraction of sp³-hybridized carbons (Fsp3) is 0.294. The van der Waals surface area contributed by atoms with E-state index < -0.39 is 0 Å². The van der Waals surface area contributed by atoms with Gasteiger partial charge < -0.3 is 10.2 Å². The number of thiophene rings is 1. The molecule has 2 amide bonds. The Labute approximate surface area is 133 Å². The first-order chi connectivity index (χ1) is 10.7. The number of rotatable bonds is 4. The molecule has 114 valence electrons. The molecule has 22 heavy (non-hydrogen) atoms. The highest BCUT2D eigenvalue weighted by Crippen LogP contribution is 2.18. The number of amides is 2. The highest BCUT2D eigenvalue weighted by Gasteiger charge is 2.23. The molecule has 0 saturated carbocycles. The van der Waals surface area contributed by atoms with E-state index in [1.54, 1.807) is 0 Å². The predicted octanol–water partition coefficient (Wildman–Crippen LogP) is 2.48. The van der Waals surface area contributed by atoms with Gasteiger partial charge in [0.25, 0.3) is 11.8 Å². The average molecular weight is 314 g/mol. The van der Waals surface area contributed by atoms with Gasteiger partial charge in [0.2, 0.25) is 0 Å². The third kappa shape index (κ3) is 2.90. The van der Waals surface area contributed by atoms with Gasteiger partial charge in [0.1, 0.15) is 0 Å². The predicted molar refractivity (Wildman–Crippen MR) is 87.4 cm³/mol. The first-order valence-corrected chi connectivity index (χ1v) is 8.24. The van der Waals surface area contributed by atoms with Crippen LogP contribution < -0.4 is 5.32 Å². The van der Waals surface area contributed by atoms with Crippen molar-refractivity contribution in [1.29, 1.82) is 0 Å². The Morgan fingerprint density at radius 2 is 2.14 bits per heavy atom. The van der Waals surface area contributed by atoms with Crippen molar-refractivity contribution in [2.45, 2.75) is 13.3 Å². The van der Waals surface area contributed by atoms with Crippen LogP contribution in [0.15, 0.2) is 35.7 Å². The molecule has 3 rings (SSSR count). The molecule has 0 radical (unpaired) electrons. The lowest BCUT2D eigenvalue weighted by molar-refractivity contribution is 0.0733. The van der Waals surface area contributed by atoms with Gasteiger partial charge in [-0.05, 0) is 42.0 Å². The van der Waals surface area contributed by atoms with Crippen LogP contribution in [0.2, 0.25) is 0 Å². The molecule has 0 unspecified atom stereocenters. The van der Waals surface area contributed by atoms with E-state index in [0.29, 0.717) is 19.6 Å². The van der Waals surface area contributed by atoms with Crippen LogP contribution in [0.3, 0.4) is 0 Å². The van der Waals surface area contributed by atoms with E-state index in [0.717, 1.165) is 28.0 Å². The largest absolute Gasteiger partial charge is 0.350 e. The maximum Gasteiger partial charge on any atom is 0.261 e. The monoisotopic (exact) mass is 314 g/mol. The summed E-state index contributed by atoms with van der Waals surface area (Å²) in [6.07, 6.45) is 0.875. The van der Waals surface area contributed by atoms with E-state index in [9.17, 15) is 9.59 Å². The van der Waals surface area contributed by atoms with Crippen LogP contribution >= 0.6 is 11.3 Å². The average Bonchev–Trinajstić information content (AvgIpc) is 2.96. The zero-order valence-corrected chi connectivity index (χ0v) is 13.3. The quantitative estimate of drug-likeness (QED) is 0.942. The number of aryl methyl sites for hydroxylation is 1. The molecule has 0 fully saturated rings. The zero-order chi connectivity index (χ0) is 15.5. The van der Waals surface area contributed by atoms with Crippen LogP contribution in [-0.2, 0) is 6.42 Å². The minimum absolute atomic E-state index is 0.0580. The van der Waals surface area contributed by atoms with Crippen molar-refractivity contribution >= 4 is 23.2 Å². The van der Waals surface area contributed by atoms with E-state index >= 15 is 0 Å². The number of hydrogen-bond acceptors (Lipinski definition) is 3. The Hall–Kier alpha value is -2.14. The number of benzene rings is 1. The number of hydrogen-bond donors (Lipinski definition) is 1. The molecular formula is C17H18N2O2S. The molecule has 2 heterocycles. The number of nitrogens with one attached hydrogen (secondary N) is 1. The lowest BCUT2D eigenvalue weighted by Gasteiger charge is -2.28. The van der Waals surface area contributed by atoms with Gasteiger partial charge >= 0.3 is 0 Å². The Morgan fingerprint density at radius 1 is 1.32 bits per heavy atom. The molecule has 1 aromatic heterocycles. The third-order valence-corrected chi connectivity index (χ3v) is 4.94. The molecule has 1 aliphatic heterocycles. The number of carbonyl (C=O) groups excluding carboxylic acids is 2. The highest BCUT2D eigenvalue weighted by molar-refractivity contribution is 7.12. The van der Waals surface area contributed by atoms with Crippen LogP contribution in [0, 0.1) is 6.92 Å². The summed E-state index contributed by atoms with van der Waals surface area (Å²) < 4.78 is 0. The van der Waals surface area contributed by atoms with Gasteiger partial charge in [0.05, 0.1) is 4.88 Å². The van der Waals surface area contributed by atoms with E-state index in [-0.39, 0.29) is 11.8 Å². The van der Waals surface area contributed by atoms with Gasteiger partial charge in [-0.1, -0.05) is 18.2 Å². The second kappa shape index (κ2) is 6.32. The molecule has 0 spiro atoms. The Morgan fingerprint density at radius 3 is 2.91 bits per heavy atom. The van der Waals surface area contributed by atoms with Crippen molar-refractivity contribution < 1.29 is 9.59 Å². The Bertz CT molecular complexity index is 708. The molecule has 0 bridgehead atoms. The van der Waals surface area contributed by atoms with Crippen molar-refractivity contribution in [3.05, 3.63) is 57.3 Å². The standard InChI is InChI=1S/C17H18N2O2S/c1-12-7-11-22-15(12)16(20)18-8-10-19-9-6-13-4-2-3-5-14(13)17(19)21/h2-5,7,11H,6,8-10H2,1H3,(H,18,20). The summed E-state index contributed by atoms with van der Waals surface area (Å²) >= 11 is 1.44. The van der Waals surface area contributed by atoms with Gasteiger partial charge in [-0.3, -0.25) is 9.59 Å². The maximum atomic E-state index is 12.4. The fourth-order valence-electron chi connectivity index (χ4n) is 2.68. The second-order valence-corrected chi connectivity index (χ2v) is 6.30. The lowest BCUT2D eigenvalue weighted by Crippen LogP contribution is -2.42.